The highest BCUT2D eigenvalue weighted by Gasteiger charge is 2.09. The lowest BCUT2D eigenvalue weighted by Gasteiger charge is -2.25. The molecule has 15 heavy (non-hydrogen) atoms. The van der Waals surface area contributed by atoms with Gasteiger partial charge in [0.05, 0.1) is 6.61 Å². The highest BCUT2D eigenvalue weighted by Crippen LogP contribution is 1.99. The van der Waals surface area contributed by atoms with E-state index in [-0.39, 0.29) is 0 Å². The molecule has 0 aromatic heterocycles. The third-order valence-corrected chi connectivity index (χ3v) is 3.09. The fourth-order valence-electron chi connectivity index (χ4n) is 1.29. The Morgan fingerprint density at radius 1 is 1.20 bits per heavy atom. The van der Waals surface area contributed by atoms with E-state index in [0.29, 0.717) is 18.0 Å². The first kappa shape index (κ1) is 14.9. The van der Waals surface area contributed by atoms with Gasteiger partial charge in [-0.15, -0.1) is 0 Å². The second kappa shape index (κ2) is 8.08. The van der Waals surface area contributed by atoms with Crippen molar-refractivity contribution >= 4 is 0 Å². The third kappa shape index (κ3) is 6.88. The fraction of sp³-hybridized carbons (Fsp3) is 1.00. The molecule has 0 heterocycles. The summed E-state index contributed by atoms with van der Waals surface area (Å²) in [6, 6.07) is 1.09. The molecule has 0 saturated heterocycles. The van der Waals surface area contributed by atoms with E-state index in [0.717, 1.165) is 19.7 Å². The Morgan fingerprint density at radius 3 is 2.27 bits per heavy atom. The summed E-state index contributed by atoms with van der Waals surface area (Å²) in [4.78, 5) is 2.32. The molecule has 2 atom stereocenters. The molecule has 0 radical (unpaired) electrons. The molecule has 2 unspecified atom stereocenters. The summed E-state index contributed by atoms with van der Waals surface area (Å²) in [6.07, 6.45) is 0. The van der Waals surface area contributed by atoms with Crippen LogP contribution in [-0.4, -0.2) is 50.8 Å². The van der Waals surface area contributed by atoms with Gasteiger partial charge in [0.1, 0.15) is 0 Å². The minimum atomic E-state index is 0.492. The van der Waals surface area contributed by atoms with Crippen LogP contribution in [0.2, 0.25) is 0 Å². The summed E-state index contributed by atoms with van der Waals surface area (Å²) in [7, 11) is 3.90. The first-order chi connectivity index (χ1) is 6.99. The Balaban J connectivity index is 3.58. The van der Waals surface area contributed by atoms with Gasteiger partial charge in [-0.05, 0) is 26.8 Å². The van der Waals surface area contributed by atoms with Gasteiger partial charge < -0.3 is 15.0 Å². The molecule has 0 fully saturated rings. The summed E-state index contributed by atoms with van der Waals surface area (Å²) < 4.78 is 5.13. The summed E-state index contributed by atoms with van der Waals surface area (Å²) in [5, 5.41) is 3.53. The van der Waals surface area contributed by atoms with Crippen molar-refractivity contribution in [2.45, 2.75) is 39.8 Å². The molecule has 0 rings (SSSR count). The van der Waals surface area contributed by atoms with Crippen LogP contribution in [0.3, 0.4) is 0 Å². The van der Waals surface area contributed by atoms with Gasteiger partial charge in [0.2, 0.25) is 0 Å². The highest BCUT2D eigenvalue weighted by molar-refractivity contribution is 4.67. The topological polar surface area (TPSA) is 24.5 Å². The molecule has 0 bridgehead atoms. The van der Waals surface area contributed by atoms with Crippen molar-refractivity contribution < 1.29 is 4.74 Å². The Morgan fingerprint density at radius 2 is 1.80 bits per heavy atom. The van der Waals surface area contributed by atoms with E-state index in [1.807, 2.05) is 0 Å². The molecule has 0 spiro atoms. The molecule has 0 aromatic rings. The van der Waals surface area contributed by atoms with Gasteiger partial charge in [0, 0.05) is 32.3 Å². The van der Waals surface area contributed by atoms with E-state index in [1.54, 1.807) is 7.11 Å². The Kier molecular flexibility index (Phi) is 8.02. The minimum absolute atomic E-state index is 0.492. The van der Waals surface area contributed by atoms with Crippen molar-refractivity contribution in [1.82, 2.24) is 10.2 Å². The third-order valence-electron chi connectivity index (χ3n) is 3.09. The SMILES string of the molecule is COCC(C)N(C)CCNC(C)C(C)C. The maximum atomic E-state index is 5.13. The molecule has 0 saturated carbocycles. The molecule has 3 nitrogen and oxygen atoms in total. The predicted molar refractivity (Wildman–Crippen MR) is 66.3 cm³/mol. The van der Waals surface area contributed by atoms with E-state index in [4.69, 9.17) is 4.74 Å². The summed E-state index contributed by atoms with van der Waals surface area (Å²) in [5.41, 5.74) is 0. The smallest absolute Gasteiger partial charge is 0.0615 e. The molecule has 0 aromatic carbocycles. The van der Waals surface area contributed by atoms with Gasteiger partial charge >= 0.3 is 0 Å². The van der Waals surface area contributed by atoms with Crippen molar-refractivity contribution in [3.8, 4) is 0 Å². The van der Waals surface area contributed by atoms with Crippen molar-refractivity contribution in [3.63, 3.8) is 0 Å². The summed E-state index contributed by atoms with van der Waals surface area (Å²) in [5.74, 6) is 0.701. The number of nitrogens with zero attached hydrogens (tertiary/aromatic N) is 1. The van der Waals surface area contributed by atoms with E-state index in [2.05, 4.69) is 45.0 Å². The number of hydrogen-bond acceptors (Lipinski definition) is 3. The highest BCUT2D eigenvalue weighted by atomic mass is 16.5. The molecule has 0 aliphatic rings. The maximum absolute atomic E-state index is 5.13. The van der Waals surface area contributed by atoms with Crippen molar-refractivity contribution in [1.29, 1.82) is 0 Å². The van der Waals surface area contributed by atoms with E-state index < -0.39 is 0 Å². The van der Waals surface area contributed by atoms with Crippen molar-refractivity contribution in [2.75, 3.05) is 33.9 Å². The fourth-order valence-corrected chi connectivity index (χ4v) is 1.29. The van der Waals surface area contributed by atoms with Crippen LogP contribution < -0.4 is 5.32 Å². The zero-order chi connectivity index (χ0) is 11.8. The Hall–Kier alpha value is -0.120. The molecule has 1 N–H and O–H groups in total. The Labute approximate surface area is 95.2 Å². The van der Waals surface area contributed by atoms with Crippen molar-refractivity contribution in [2.24, 2.45) is 5.92 Å². The van der Waals surface area contributed by atoms with Crippen LogP contribution in [0.25, 0.3) is 0 Å². The van der Waals surface area contributed by atoms with Gasteiger partial charge in [-0.3, -0.25) is 0 Å². The molecular weight excluding hydrogens is 188 g/mol. The average Bonchev–Trinajstić information content (AvgIpc) is 2.17. The van der Waals surface area contributed by atoms with E-state index >= 15 is 0 Å². The number of hydrogen-bond donors (Lipinski definition) is 1. The molecular formula is C12H28N2O. The zero-order valence-electron chi connectivity index (χ0n) is 11.2. The molecule has 0 amide bonds. The standard InChI is InChI=1S/C12H28N2O/c1-10(2)12(4)13-7-8-14(5)11(3)9-15-6/h10-13H,7-9H2,1-6H3. The lowest BCUT2D eigenvalue weighted by atomic mass is 10.1. The predicted octanol–water partition coefficient (Wildman–Crippen LogP) is 1.59. The summed E-state index contributed by atoms with van der Waals surface area (Å²) >= 11 is 0. The second-order valence-corrected chi connectivity index (χ2v) is 4.77. The minimum Gasteiger partial charge on any atom is -0.383 e. The number of likely N-dealkylation sites (N-methyl/N-ethyl adjacent to an activating group) is 1. The number of nitrogens with one attached hydrogen (secondary N) is 1. The Bertz CT molecular complexity index is 151. The van der Waals surface area contributed by atoms with Crippen LogP contribution >= 0.6 is 0 Å². The maximum Gasteiger partial charge on any atom is 0.0615 e. The molecule has 0 aliphatic heterocycles. The van der Waals surface area contributed by atoms with Crippen LogP contribution in [0, 0.1) is 5.92 Å². The average molecular weight is 216 g/mol. The number of rotatable bonds is 8. The van der Waals surface area contributed by atoms with E-state index in [9.17, 15) is 0 Å². The molecule has 3 heteroatoms. The van der Waals surface area contributed by atoms with Gasteiger partial charge in [0.15, 0.2) is 0 Å². The monoisotopic (exact) mass is 216 g/mol. The van der Waals surface area contributed by atoms with Crippen molar-refractivity contribution in [3.05, 3.63) is 0 Å². The van der Waals surface area contributed by atoms with Gasteiger partial charge in [-0.1, -0.05) is 13.8 Å². The van der Waals surface area contributed by atoms with Crippen LogP contribution in [0.5, 0.6) is 0 Å². The quantitative estimate of drug-likeness (QED) is 0.667. The largest absolute Gasteiger partial charge is 0.383 e. The molecule has 92 valence electrons. The molecule has 0 aliphatic carbocycles. The first-order valence-electron chi connectivity index (χ1n) is 5.91. The lowest BCUT2D eigenvalue weighted by molar-refractivity contribution is 0.115. The number of ether oxygens (including phenoxy) is 1. The lowest BCUT2D eigenvalue weighted by Crippen LogP contribution is -2.41. The van der Waals surface area contributed by atoms with Gasteiger partial charge in [-0.25, -0.2) is 0 Å². The van der Waals surface area contributed by atoms with Gasteiger partial charge in [0.25, 0.3) is 0 Å². The number of methoxy groups -OCH3 is 1. The zero-order valence-corrected chi connectivity index (χ0v) is 11.2. The van der Waals surface area contributed by atoms with Gasteiger partial charge in [-0.2, -0.15) is 0 Å². The summed E-state index contributed by atoms with van der Waals surface area (Å²) in [6.45, 7) is 11.8. The normalized spacial score (nSPS) is 16.0. The van der Waals surface area contributed by atoms with Crippen LogP contribution in [0.4, 0.5) is 0 Å². The van der Waals surface area contributed by atoms with Crippen LogP contribution in [0.1, 0.15) is 27.7 Å². The second-order valence-electron chi connectivity index (χ2n) is 4.77. The van der Waals surface area contributed by atoms with Crippen LogP contribution in [-0.2, 0) is 4.74 Å². The van der Waals surface area contributed by atoms with E-state index in [1.165, 1.54) is 0 Å². The van der Waals surface area contributed by atoms with Crippen LogP contribution in [0.15, 0.2) is 0 Å². The first-order valence-corrected chi connectivity index (χ1v) is 5.91.